The van der Waals surface area contributed by atoms with Gasteiger partial charge in [-0.15, -0.1) is 0 Å². The number of nitrogens with zero attached hydrogens (tertiary/aromatic N) is 1. The highest BCUT2D eigenvalue weighted by molar-refractivity contribution is 6.00. The van der Waals surface area contributed by atoms with E-state index in [2.05, 4.69) is 11.7 Å². The van der Waals surface area contributed by atoms with Gasteiger partial charge in [0, 0.05) is 5.57 Å². The summed E-state index contributed by atoms with van der Waals surface area (Å²) < 4.78 is 0. The van der Waals surface area contributed by atoms with Gasteiger partial charge in [-0.25, -0.2) is 0 Å². The van der Waals surface area contributed by atoms with Gasteiger partial charge in [-0.2, -0.15) is 0 Å². The van der Waals surface area contributed by atoms with E-state index >= 15 is 0 Å². The molecule has 0 aromatic carbocycles. The number of oxime groups is 1. The topological polar surface area (TPSA) is 21.6 Å². The largest absolute Gasteiger partial charge is 0.385 e. The fourth-order valence-electron chi connectivity index (χ4n) is 0.728. The van der Waals surface area contributed by atoms with Crippen LogP contribution >= 0.6 is 0 Å². The van der Waals surface area contributed by atoms with Gasteiger partial charge in [0.25, 0.3) is 0 Å². The summed E-state index contributed by atoms with van der Waals surface area (Å²) >= 11 is 0. The Morgan fingerprint density at radius 3 is 2.22 bits per heavy atom. The minimum Gasteiger partial charge on any atom is -0.385 e. The summed E-state index contributed by atoms with van der Waals surface area (Å²) in [5.74, 6) is 0. The highest BCUT2D eigenvalue weighted by Gasteiger charge is 2.30. The third kappa shape index (κ3) is 0.846. The molecule has 0 aromatic heterocycles. The predicted molar refractivity (Wildman–Crippen MR) is 37.4 cm³/mol. The van der Waals surface area contributed by atoms with Crippen molar-refractivity contribution in [3.8, 4) is 0 Å². The first-order valence-electron chi connectivity index (χ1n) is 2.96. The predicted octanol–water partition coefficient (Wildman–Crippen LogP) is 1.73. The van der Waals surface area contributed by atoms with E-state index in [1.54, 1.807) is 0 Å². The Balaban J connectivity index is 2.86. The molecule has 2 heteroatoms. The molecular weight excluding hydrogens is 114 g/mol. The average Bonchev–Trinajstić information content (AvgIpc) is 1.97. The molecular formula is C7H11NO. The molecule has 0 N–H and O–H groups in total. The molecule has 1 rings (SSSR count). The second-order valence-corrected chi connectivity index (χ2v) is 2.76. The standard InChI is InChI=1S/C7H11NO/c1-5-6(2)8-9-7(5,3)4/h1H2,2-4H3. The van der Waals surface area contributed by atoms with Crippen LogP contribution in [-0.2, 0) is 4.84 Å². The molecule has 1 aliphatic rings. The Kier molecular flexibility index (Phi) is 1.12. The summed E-state index contributed by atoms with van der Waals surface area (Å²) in [4.78, 5) is 5.05. The molecule has 1 heterocycles. The summed E-state index contributed by atoms with van der Waals surface area (Å²) in [5.41, 5.74) is 1.60. The minimum atomic E-state index is -0.274. The van der Waals surface area contributed by atoms with Crippen molar-refractivity contribution in [1.29, 1.82) is 0 Å². The molecule has 50 valence electrons. The summed E-state index contributed by atoms with van der Waals surface area (Å²) in [6.45, 7) is 9.64. The quantitative estimate of drug-likeness (QED) is 0.483. The van der Waals surface area contributed by atoms with Crippen molar-refractivity contribution in [3.63, 3.8) is 0 Å². The Labute approximate surface area is 55.2 Å². The van der Waals surface area contributed by atoms with E-state index in [1.165, 1.54) is 0 Å². The van der Waals surface area contributed by atoms with Crippen molar-refractivity contribution in [2.45, 2.75) is 26.4 Å². The van der Waals surface area contributed by atoms with E-state index in [0.717, 1.165) is 11.3 Å². The van der Waals surface area contributed by atoms with E-state index in [0.29, 0.717) is 0 Å². The number of rotatable bonds is 0. The molecule has 2 nitrogen and oxygen atoms in total. The van der Waals surface area contributed by atoms with E-state index in [9.17, 15) is 0 Å². The van der Waals surface area contributed by atoms with Crippen LogP contribution in [0.1, 0.15) is 20.8 Å². The summed E-state index contributed by atoms with van der Waals surface area (Å²) in [6.07, 6.45) is 0. The van der Waals surface area contributed by atoms with E-state index < -0.39 is 0 Å². The summed E-state index contributed by atoms with van der Waals surface area (Å²) in [6, 6.07) is 0. The highest BCUT2D eigenvalue weighted by Crippen LogP contribution is 2.26. The van der Waals surface area contributed by atoms with Gasteiger partial charge in [0.1, 0.15) is 0 Å². The minimum absolute atomic E-state index is 0.274. The van der Waals surface area contributed by atoms with Crippen LogP contribution in [0.25, 0.3) is 0 Å². The molecule has 1 aliphatic heterocycles. The monoisotopic (exact) mass is 125 g/mol. The molecule has 0 saturated carbocycles. The Morgan fingerprint density at radius 2 is 2.11 bits per heavy atom. The summed E-state index contributed by atoms with van der Waals surface area (Å²) in [7, 11) is 0. The first-order valence-corrected chi connectivity index (χ1v) is 2.96. The molecule has 0 amide bonds. The number of hydrogen-bond donors (Lipinski definition) is 0. The molecule has 0 aromatic rings. The molecule has 0 aliphatic carbocycles. The SMILES string of the molecule is C=C1C(C)=NOC1(C)C. The molecule has 0 saturated heterocycles. The van der Waals surface area contributed by atoms with Gasteiger partial charge in [0.15, 0.2) is 5.60 Å². The zero-order chi connectivity index (χ0) is 7.07. The summed E-state index contributed by atoms with van der Waals surface area (Å²) in [5, 5.41) is 3.79. The number of hydrogen-bond acceptors (Lipinski definition) is 2. The van der Waals surface area contributed by atoms with Crippen LogP contribution in [0.2, 0.25) is 0 Å². The third-order valence-corrected chi connectivity index (χ3v) is 1.57. The second-order valence-electron chi connectivity index (χ2n) is 2.76. The molecule has 0 atom stereocenters. The van der Waals surface area contributed by atoms with Crippen molar-refractivity contribution < 1.29 is 4.84 Å². The molecule has 0 radical (unpaired) electrons. The van der Waals surface area contributed by atoms with Crippen molar-refractivity contribution in [1.82, 2.24) is 0 Å². The van der Waals surface area contributed by atoms with E-state index in [-0.39, 0.29) is 5.60 Å². The highest BCUT2D eigenvalue weighted by atomic mass is 16.7. The van der Waals surface area contributed by atoms with Crippen LogP contribution in [0.15, 0.2) is 17.3 Å². The lowest BCUT2D eigenvalue weighted by Gasteiger charge is -2.15. The third-order valence-electron chi connectivity index (χ3n) is 1.57. The molecule has 0 bridgehead atoms. The Morgan fingerprint density at radius 1 is 1.56 bits per heavy atom. The Hall–Kier alpha value is -0.790. The lowest BCUT2D eigenvalue weighted by molar-refractivity contribution is 0.0352. The van der Waals surface area contributed by atoms with Gasteiger partial charge in [-0.3, -0.25) is 0 Å². The van der Waals surface area contributed by atoms with Crippen molar-refractivity contribution in [3.05, 3.63) is 12.2 Å². The zero-order valence-electron chi connectivity index (χ0n) is 6.06. The van der Waals surface area contributed by atoms with Gasteiger partial charge >= 0.3 is 0 Å². The molecule has 0 fully saturated rings. The average molecular weight is 125 g/mol. The van der Waals surface area contributed by atoms with Crippen molar-refractivity contribution in [2.75, 3.05) is 0 Å². The molecule has 0 spiro atoms. The lowest BCUT2D eigenvalue weighted by Crippen LogP contribution is -2.21. The van der Waals surface area contributed by atoms with Gasteiger partial charge < -0.3 is 4.84 Å². The molecule has 9 heavy (non-hydrogen) atoms. The first kappa shape index (κ1) is 6.33. The van der Waals surface area contributed by atoms with E-state index in [1.807, 2.05) is 20.8 Å². The maximum atomic E-state index is 5.05. The van der Waals surface area contributed by atoms with Crippen LogP contribution in [0.4, 0.5) is 0 Å². The van der Waals surface area contributed by atoms with Crippen LogP contribution < -0.4 is 0 Å². The first-order chi connectivity index (χ1) is 4.04. The van der Waals surface area contributed by atoms with Gasteiger partial charge in [0.05, 0.1) is 5.71 Å². The normalized spacial score (nSPS) is 23.4. The van der Waals surface area contributed by atoms with Crippen LogP contribution in [-0.4, -0.2) is 11.3 Å². The van der Waals surface area contributed by atoms with Crippen LogP contribution in [0, 0.1) is 0 Å². The van der Waals surface area contributed by atoms with Gasteiger partial charge in [-0.1, -0.05) is 11.7 Å². The maximum absolute atomic E-state index is 5.05. The zero-order valence-corrected chi connectivity index (χ0v) is 6.06. The molecule has 0 unspecified atom stereocenters. The van der Waals surface area contributed by atoms with Gasteiger partial charge in [-0.05, 0) is 20.8 Å². The second kappa shape index (κ2) is 1.59. The fraction of sp³-hybridized carbons (Fsp3) is 0.571. The van der Waals surface area contributed by atoms with Crippen molar-refractivity contribution in [2.24, 2.45) is 5.16 Å². The van der Waals surface area contributed by atoms with Gasteiger partial charge in [0.2, 0.25) is 0 Å². The van der Waals surface area contributed by atoms with Crippen LogP contribution in [0.3, 0.4) is 0 Å². The Bertz CT molecular complexity index is 179. The van der Waals surface area contributed by atoms with Crippen LogP contribution in [0.5, 0.6) is 0 Å². The lowest BCUT2D eigenvalue weighted by atomic mass is 9.98. The fourth-order valence-corrected chi connectivity index (χ4v) is 0.728. The van der Waals surface area contributed by atoms with Crippen molar-refractivity contribution >= 4 is 5.71 Å². The smallest absolute Gasteiger partial charge is 0.158 e. The van der Waals surface area contributed by atoms with E-state index in [4.69, 9.17) is 4.84 Å². The maximum Gasteiger partial charge on any atom is 0.158 e.